The minimum atomic E-state index is -2.67. The number of nitrogens with one attached hydrogen (secondary N) is 4. The van der Waals surface area contributed by atoms with Crippen LogP contribution in [0.5, 0.6) is 0 Å². The maximum absolute atomic E-state index is 14.3. The lowest BCUT2D eigenvalue weighted by molar-refractivity contribution is -0.138. The summed E-state index contributed by atoms with van der Waals surface area (Å²) in [6.45, 7) is 6.37. The summed E-state index contributed by atoms with van der Waals surface area (Å²) in [4.78, 5) is 26.8. The Morgan fingerprint density at radius 3 is 2.44 bits per heavy atom. The lowest BCUT2D eigenvalue weighted by Gasteiger charge is -2.40. The molecule has 0 aromatic heterocycles. The number of nitrogens with two attached hydrogens (primary N) is 1. The van der Waals surface area contributed by atoms with Crippen LogP contribution in [0.4, 0.5) is 14.5 Å². The molecule has 1 saturated heterocycles. The first-order valence-electron chi connectivity index (χ1n) is 14.7. The molecule has 1 fully saturated rings. The second-order valence-electron chi connectivity index (χ2n) is 11.2. The van der Waals surface area contributed by atoms with Crippen molar-refractivity contribution in [3.05, 3.63) is 28.8 Å². The topological polar surface area (TPSA) is 147 Å². The summed E-state index contributed by atoms with van der Waals surface area (Å²) in [5.41, 5.74) is 8.03. The van der Waals surface area contributed by atoms with E-state index < -0.39 is 12.4 Å². The zero-order chi connectivity index (χ0) is 30.1. The highest BCUT2D eigenvalue weighted by Gasteiger charge is 2.34. The van der Waals surface area contributed by atoms with Gasteiger partial charge in [-0.05, 0) is 56.3 Å². The quantitative estimate of drug-likeness (QED) is 0.145. The highest BCUT2D eigenvalue weighted by Crippen LogP contribution is 2.38. The number of aryl methyl sites for hydroxylation is 1. The Bertz CT molecular complexity index is 1050. The molecular formula is C29H47F2N7O3. The van der Waals surface area contributed by atoms with Crippen molar-refractivity contribution in [2.75, 3.05) is 57.8 Å². The van der Waals surface area contributed by atoms with Crippen molar-refractivity contribution in [1.29, 1.82) is 5.41 Å². The van der Waals surface area contributed by atoms with Crippen molar-refractivity contribution in [3.8, 4) is 0 Å². The van der Waals surface area contributed by atoms with Crippen molar-refractivity contribution < 1.29 is 23.5 Å². The number of carboxylic acids is 1. The number of carbonyl (C=O) groups is 2. The molecule has 2 heterocycles. The molecule has 0 spiro atoms. The highest BCUT2D eigenvalue weighted by molar-refractivity contribution is 5.99. The molecule has 0 aliphatic carbocycles. The average Bonchev–Trinajstić information content (AvgIpc) is 2.94. The molecule has 0 radical (unpaired) electrons. The number of anilines is 1. The summed E-state index contributed by atoms with van der Waals surface area (Å²) in [7, 11) is 1.78. The van der Waals surface area contributed by atoms with Crippen LogP contribution in [0.15, 0.2) is 12.1 Å². The molecule has 7 N–H and O–H groups in total. The van der Waals surface area contributed by atoms with E-state index in [2.05, 4.69) is 16.0 Å². The van der Waals surface area contributed by atoms with Crippen LogP contribution >= 0.6 is 0 Å². The first-order chi connectivity index (χ1) is 19.6. The number of piperidine rings is 1. The number of fused-ring (bicyclic) bond motifs is 1. The van der Waals surface area contributed by atoms with E-state index >= 15 is 0 Å². The van der Waals surface area contributed by atoms with Crippen LogP contribution in [0.25, 0.3) is 0 Å². The molecule has 41 heavy (non-hydrogen) atoms. The summed E-state index contributed by atoms with van der Waals surface area (Å²) in [5.74, 6) is -1.37. The Morgan fingerprint density at radius 1 is 1.17 bits per heavy atom. The third kappa shape index (κ3) is 8.67. The number of amidine groups is 1. The second-order valence-corrected chi connectivity index (χ2v) is 11.2. The normalized spacial score (nSPS) is 18.6. The smallest absolute Gasteiger partial charge is 0.317 e. The minimum Gasteiger partial charge on any atom is -0.480 e. The number of carbonyl (C=O) groups excluding carboxylic acids is 1. The van der Waals surface area contributed by atoms with E-state index in [-0.39, 0.29) is 55.0 Å². The van der Waals surface area contributed by atoms with Gasteiger partial charge >= 0.3 is 5.97 Å². The Hall–Kier alpha value is -2.67. The van der Waals surface area contributed by atoms with Crippen molar-refractivity contribution in [2.24, 2.45) is 11.7 Å². The van der Waals surface area contributed by atoms with Crippen molar-refractivity contribution in [3.63, 3.8) is 0 Å². The van der Waals surface area contributed by atoms with Crippen LogP contribution < -0.4 is 26.6 Å². The molecule has 12 heteroatoms. The van der Waals surface area contributed by atoms with Gasteiger partial charge in [-0.1, -0.05) is 13.0 Å². The number of alkyl halides is 2. The molecule has 3 rings (SSSR count). The number of benzene rings is 1. The Labute approximate surface area is 241 Å². The van der Waals surface area contributed by atoms with Gasteiger partial charge in [0, 0.05) is 81.4 Å². The summed E-state index contributed by atoms with van der Waals surface area (Å²) in [6.07, 6.45) is 1.10. The van der Waals surface area contributed by atoms with Crippen LogP contribution in [0.3, 0.4) is 0 Å². The highest BCUT2D eigenvalue weighted by atomic mass is 19.3. The van der Waals surface area contributed by atoms with E-state index in [4.69, 9.17) is 10.8 Å². The van der Waals surface area contributed by atoms with Gasteiger partial charge in [-0.15, -0.1) is 0 Å². The molecular weight excluding hydrogens is 532 g/mol. The van der Waals surface area contributed by atoms with Crippen LogP contribution in [-0.4, -0.2) is 92.7 Å². The van der Waals surface area contributed by atoms with Gasteiger partial charge in [0.1, 0.15) is 5.84 Å². The van der Waals surface area contributed by atoms with Gasteiger partial charge in [0.05, 0.1) is 6.54 Å². The predicted molar refractivity (Wildman–Crippen MR) is 157 cm³/mol. The minimum absolute atomic E-state index is 0.0252. The first kappa shape index (κ1) is 32.8. The Balaban J connectivity index is 1.88. The molecule has 3 atom stereocenters. The lowest BCUT2D eigenvalue weighted by atomic mass is 9.87. The predicted octanol–water partition coefficient (Wildman–Crippen LogP) is 2.29. The third-order valence-corrected chi connectivity index (χ3v) is 8.35. The Morgan fingerprint density at radius 2 is 1.88 bits per heavy atom. The first-order valence-corrected chi connectivity index (χ1v) is 14.7. The molecule has 3 unspecified atom stereocenters. The Kier molecular flexibility index (Phi) is 12.4. The van der Waals surface area contributed by atoms with Crippen molar-refractivity contribution >= 4 is 23.4 Å². The van der Waals surface area contributed by atoms with E-state index in [9.17, 15) is 23.8 Å². The summed E-state index contributed by atoms with van der Waals surface area (Å²) >= 11 is 0. The van der Waals surface area contributed by atoms with Gasteiger partial charge in [0.15, 0.2) is 0 Å². The fourth-order valence-electron chi connectivity index (χ4n) is 6.18. The summed E-state index contributed by atoms with van der Waals surface area (Å²) in [5, 5.41) is 28.1. The number of aliphatic carboxylic acids is 1. The van der Waals surface area contributed by atoms with Gasteiger partial charge < -0.3 is 31.7 Å². The molecule has 1 amide bonds. The van der Waals surface area contributed by atoms with Crippen molar-refractivity contribution in [1.82, 2.24) is 20.9 Å². The van der Waals surface area contributed by atoms with Crippen LogP contribution in [-0.2, 0) is 16.0 Å². The molecule has 1 aromatic rings. The lowest BCUT2D eigenvalue weighted by Crippen LogP contribution is -2.55. The number of hydrogen-bond donors (Lipinski definition) is 6. The number of nitrogens with zero attached hydrogens (tertiary/aromatic N) is 2. The maximum Gasteiger partial charge on any atom is 0.317 e. The SMILES string of the molecule is CCC(NC1CCN(CC(=O)O)CC1)C(CNC(C)=O)C(=N)N1CCCc2cc(C(CN)CNC)c(C(F)F)cc21. The maximum atomic E-state index is 14.3. The van der Waals surface area contributed by atoms with E-state index in [0.29, 0.717) is 49.7 Å². The number of amides is 1. The number of likely N-dealkylation sites (tertiary alicyclic amines) is 1. The molecule has 0 saturated carbocycles. The van der Waals surface area contributed by atoms with Gasteiger partial charge in [0.2, 0.25) is 5.91 Å². The molecule has 10 nitrogen and oxygen atoms in total. The second kappa shape index (κ2) is 15.5. The van der Waals surface area contributed by atoms with Crippen LogP contribution in [0.2, 0.25) is 0 Å². The molecule has 2 aliphatic heterocycles. The van der Waals surface area contributed by atoms with Crippen molar-refractivity contribution in [2.45, 2.75) is 70.4 Å². The molecule has 0 bridgehead atoms. The van der Waals surface area contributed by atoms with Gasteiger partial charge in [-0.2, -0.15) is 0 Å². The number of hydrogen-bond acceptors (Lipinski definition) is 7. The van der Waals surface area contributed by atoms with Gasteiger partial charge in [-0.3, -0.25) is 19.9 Å². The molecule has 1 aromatic carbocycles. The summed E-state index contributed by atoms with van der Waals surface area (Å²) < 4.78 is 28.7. The fourth-order valence-corrected chi connectivity index (χ4v) is 6.18. The monoisotopic (exact) mass is 579 g/mol. The molecule has 230 valence electrons. The zero-order valence-corrected chi connectivity index (χ0v) is 24.5. The van der Waals surface area contributed by atoms with E-state index in [1.807, 2.05) is 22.8 Å². The largest absolute Gasteiger partial charge is 0.480 e. The molecule has 2 aliphatic rings. The zero-order valence-electron chi connectivity index (χ0n) is 24.5. The van der Waals surface area contributed by atoms with Gasteiger partial charge in [-0.25, -0.2) is 8.78 Å². The standard InChI is InChI=1S/C29H47F2N7O3/c1-4-25(36-21-7-10-37(11-8-21)17-27(40)41)24(16-35-18(2)39)29(33)38-9-5-6-19-12-22(20(14-32)15-34-3)23(28(30)31)13-26(19)38/h12-13,20-21,24-25,28,33-34,36H,4-11,14-17,32H2,1-3H3,(H,35,39)(H,40,41). The van der Waals surface area contributed by atoms with E-state index in [0.717, 1.165) is 31.2 Å². The van der Waals surface area contributed by atoms with Crippen LogP contribution in [0.1, 0.15) is 68.6 Å². The van der Waals surface area contributed by atoms with Gasteiger partial charge in [0.25, 0.3) is 6.43 Å². The number of carboxylic acid groups (broad SMARTS) is 1. The van der Waals surface area contributed by atoms with E-state index in [1.54, 1.807) is 13.1 Å². The van der Waals surface area contributed by atoms with E-state index in [1.165, 1.54) is 6.92 Å². The summed E-state index contributed by atoms with van der Waals surface area (Å²) in [6, 6.07) is 3.42. The van der Waals surface area contributed by atoms with Crippen LogP contribution in [0, 0.1) is 11.3 Å². The number of likely N-dealkylation sites (N-methyl/N-ethyl adjacent to an activating group) is 1. The fraction of sp³-hybridized carbons (Fsp3) is 0.690. The third-order valence-electron chi connectivity index (χ3n) is 8.35. The number of halogens is 2. The average molecular weight is 580 g/mol. The number of rotatable bonds is 14.